The lowest BCUT2D eigenvalue weighted by molar-refractivity contribution is -0.132. The molecule has 0 aromatic carbocycles. The predicted octanol–water partition coefficient (Wildman–Crippen LogP) is 1.13. The molecule has 0 fully saturated rings. The Kier molecular flexibility index (Phi) is 3.39. The lowest BCUT2D eigenvalue weighted by Crippen LogP contribution is -2.10. The SMILES string of the molecule is CC(=O)Oc1csc(CN(C)C)n1. The van der Waals surface area contributed by atoms with Crippen LogP contribution in [0.2, 0.25) is 0 Å². The van der Waals surface area contributed by atoms with E-state index in [-0.39, 0.29) is 5.97 Å². The third kappa shape index (κ3) is 3.52. The summed E-state index contributed by atoms with van der Waals surface area (Å²) in [6.07, 6.45) is 0. The third-order valence-corrected chi connectivity index (χ3v) is 2.04. The van der Waals surface area contributed by atoms with Gasteiger partial charge in [0.15, 0.2) is 0 Å². The van der Waals surface area contributed by atoms with Gasteiger partial charge in [0, 0.05) is 13.5 Å². The van der Waals surface area contributed by atoms with E-state index in [4.69, 9.17) is 4.74 Å². The van der Waals surface area contributed by atoms with Crippen molar-refractivity contribution < 1.29 is 9.53 Å². The van der Waals surface area contributed by atoms with Crippen LogP contribution in [0.3, 0.4) is 0 Å². The van der Waals surface area contributed by atoms with Crippen LogP contribution in [0.1, 0.15) is 11.9 Å². The van der Waals surface area contributed by atoms with Crippen LogP contribution in [-0.4, -0.2) is 29.9 Å². The first-order valence-electron chi connectivity index (χ1n) is 3.85. The van der Waals surface area contributed by atoms with Crippen LogP contribution in [0.4, 0.5) is 0 Å². The third-order valence-electron chi connectivity index (χ3n) is 1.23. The average molecular weight is 200 g/mol. The molecule has 0 radical (unpaired) electrons. The molecule has 0 aliphatic carbocycles. The molecule has 13 heavy (non-hydrogen) atoms. The number of nitrogens with zero attached hydrogens (tertiary/aromatic N) is 2. The van der Waals surface area contributed by atoms with Crippen LogP contribution >= 0.6 is 11.3 Å². The fourth-order valence-electron chi connectivity index (χ4n) is 0.831. The lowest BCUT2D eigenvalue weighted by Gasteiger charge is -2.04. The van der Waals surface area contributed by atoms with E-state index < -0.39 is 0 Å². The molecule has 0 amide bonds. The van der Waals surface area contributed by atoms with Gasteiger partial charge in [-0.05, 0) is 14.1 Å². The predicted molar refractivity (Wildman–Crippen MR) is 50.8 cm³/mol. The number of rotatable bonds is 3. The summed E-state index contributed by atoms with van der Waals surface area (Å²) >= 11 is 1.49. The molecule has 0 N–H and O–H groups in total. The quantitative estimate of drug-likeness (QED) is 0.686. The number of carbonyl (C=O) groups is 1. The van der Waals surface area contributed by atoms with Gasteiger partial charge in [-0.15, -0.1) is 11.3 Å². The van der Waals surface area contributed by atoms with E-state index in [0.717, 1.165) is 11.6 Å². The van der Waals surface area contributed by atoms with Crippen molar-refractivity contribution in [1.29, 1.82) is 0 Å². The molecule has 0 aliphatic rings. The minimum Gasteiger partial charge on any atom is -0.407 e. The molecule has 0 bridgehead atoms. The Labute approximate surface area is 81.2 Å². The molecule has 0 saturated carbocycles. The van der Waals surface area contributed by atoms with Crippen molar-refractivity contribution in [2.24, 2.45) is 0 Å². The Morgan fingerprint density at radius 1 is 1.69 bits per heavy atom. The molecule has 72 valence electrons. The highest BCUT2D eigenvalue weighted by molar-refractivity contribution is 7.09. The van der Waals surface area contributed by atoms with Crippen molar-refractivity contribution in [3.8, 4) is 5.88 Å². The van der Waals surface area contributed by atoms with Gasteiger partial charge in [-0.3, -0.25) is 4.79 Å². The number of hydrogen-bond donors (Lipinski definition) is 0. The van der Waals surface area contributed by atoms with Gasteiger partial charge in [0.05, 0.1) is 5.38 Å². The summed E-state index contributed by atoms with van der Waals surface area (Å²) in [6.45, 7) is 2.14. The number of aromatic nitrogens is 1. The van der Waals surface area contributed by atoms with Gasteiger partial charge in [-0.2, -0.15) is 0 Å². The smallest absolute Gasteiger partial charge is 0.309 e. The summed E-state index contributed by atoms with van der Waals surface area (Å²) in [6, 6.07) is 0. The van der Waals surface area contributed by atoms with E-state index in [9.17, 15) is 4.79 Å². The van der Waals surface area contributed by atoms with Gasteiger partial charge in [-0.25, -0.2) is 4.98 Å². The minimum absolute atomic E-state index is 0.332. The van der Waals surface area contributed by atoms with E-state index in [1.165, 1.54) is 18.3 Å². The molecule has 0 unspecified atom stereocenters. The molecule has 1 aromatic heterocycles. The largest absolute Gasteiger partial charge is 0.407 e. The highest BCUT2D eigenvalue weighted by atomic mass is 32.1. The second-order valence-corrected chi connectivity index (χ2v) is 3.85. The first kappa shape index (κ1) is 10.1. The molecule has 1 heterocycles. The highest BCUT2D eigenvalue weighted by Crippen LogP contribution is 2.17. The molecular formula is C8H12N2O2S. The van der Waals surface area contributed by atoms with Crippen LogP contribution in [0.15, 0.2) is 5.38 Å². The highest BCUT2D eigenvalue weighted by Gasteiger charge is 2.05. The number of esters is 1. The topological polar surface area (TPSA) is 42.4 Å². The van der Waals surface area contributed by atoms with Gasteiger partial charge < -0.3 is 9.64 Å². The first-order valence-corrected chi connectivity index (χ1v) is 4.73. The van der Waals surface area contributed by atoms with E-state index in [1.807, 2.05) is 19.0 Å². The Hall–Kier alpha value is -0.940. The Balaban J connectivity index is 2.58. The number of hydrogen-bond acceptors (Lipinski definition) is 5. The molecule has 0 aliphatic heterocycles. The maximum atomic E-state index is 10.6. The standard InChI is InChI=1S/C8H12N2O2S/c1-6(11)12-7-5-13-8(9-7)4-10(2)3/h5H,4H2,1-3H3. The summed E-state index contributed by atoms with van der Waals surface area (Å²) < 4.78 is 4.82. The number of ether oxygens (including phenoxy) is 1. The van der Waals surface area contributed by atoms with Crippen molar-refractivity contribution in [2.75, 3.05) is 14.1 Å². The van der Waals surface area contributed by atoms with Crippen molar-refractivity contribution in [1.82, 2.24) is 9.88 Å². The van der Waals surface area contributed by atoms with Crippen LogP contribution < -0.4 is 4.74 Å². The minimum atomic E-state index is -0.332. The van der Waals surface area contributed by atoms with Crippen molar-refractivity contribution in [2.45, 2.75) is 13.5 Å². The normalized spacial score (nSPS) is 10.5. The Morgan fingerprint density at radius 2 is 2.38 bits per heavy atom. The van der Waals surface area contributed by atoms with Gasteiger partial charge in [0.25, 0.3) is 0 Å². The second-order valence-electron chi connectivity index (χ2n) is 2.91. The summed E-state index contributed by atoms with van der Waals surface area (Å²) in [7, 11) is 3.93. The maximum Gasteiger partial charge on any atom is 0.309 e. The molecule has 5 heteroatoms. The zero-order chi connectivity index (χ0) is 9.84. The fourth-order valence-corrected chi connectivity index (χ4v) is 1.64. The van der Waals surface area contributed by atoms with E-state index in [2.05, 4.69) is 4.98 Å². The molecule has 1 rings (SSSR count). The average Bonchev–Trinajstić information content (AvgIpc) is 2.33. The van der Waals surface area contributed by atoms with Crippen molar-refractivity contribution >= 4 is 17.3 Å². The van der Waals surface area contributed by atoms with Crippen LogP contribution in [-0.2, 0) is 11.3 Å². The van der Waals surface area contributed by atoms with E-state index in [0.29, 0.717) is 5.88 Å². The van der Waals surface area contributed by atoms with Gasteiger partial charge in [-0.1, -0.05) is 0 Å². The van der Waals surface area contributed by atoms with Gasteiger partial charge >= 0.3 is 5.97 Å². The molecule has 1 aromatic rings. The molecule has 4 nitrogen and oxygen atoms in total. The maximum absolute atomic E-state index is 10.6. The molecule has 0 atom stereocenters. The van der Waals surface area contributed by atoms with Gasteiger partial charge in [0.1, 0.15) is 5.01 Å². The summed E-state index contributed by atoms with van der Waals surface area (Å²) in [5.41, 5.74) is 0. The van der Waals surface area contributed by atoms with E-state index in [1.54, 1.807) is 5.38 Å². The number of thiazole rings is 1. The summed E-state index contributed by atoms with van der Waals surface area (Å²) in [5, 5.41) is 2.68. The van der Waals surface area contributed by atoms with E-state index >= 15 is 0 Å². The molecule has 0 spiro atoms. The molecule has 0 saturated heterocycles. The Morgan fingerprint density at radius 3 is 2.92 bits per heavy atom. The number of carbonyl (C=O) groups excluding carboxylic acids is 1. The Bertz CT molecular complexity index is 296. The van der Waals surface area contributed by atoms with Crippen molar-refractivity contribution in [3.05, 3.63) is 10.4 Å². The zero-order valence-corrected chi connectivity index (χ0v) is 8.72. The van der Waals surface area contributed by atoms with Gasteiger partial charge in [0.2, 0.25) is 5.88 Å². The summed E-state index contributed by atoms with van der Waals surface area (Å²) in [5.74, 6) is 0.0658. The van der Waals surface area contributed by atoms with Crippen LogP contribution in [0.25, 0.3) is 0 Å². The summed E-state index contributed by atoms with van der Waals surface area (Å²) in [4.78, 5) is 16.7. The second kappa shape index (κ2) is 4.34. The first-order chi connectivity index (χ1) is 6.08. The zero-order valence-electron chi connectivity index (χ0n) is 7.90. The lowest BCUT2D eigenvalue weighted by atomic mass is 10.6. The fraction of sp³-hybridized carbons (Fsp3) is 0.500. The monoisotopic (exact) mass is 200 g/mol. The van der Waals surface area contributed by atoms with Crippen molar-refractivity contribution in [3.63, 3.8) is 0 Å². The van der Waals surface area contributed by atoms with Crippen LogP contribution in [0, 0.1) is 0 Å². The van der Waals surface area contributed by atoms with Crippen LogP contribution in [0.5, 0.6) is 5.88 Å². The molecular weight excluding hydrogens is 188 g/mol.